The van der Waals surface area contributed by atoms with E-state index in [1.165, 1.54) is 0 Å². The summed E-state index contributed by atoms with van der Waals surface area (Å²) >= 11 is 0. The number of carbonyl (C=O) groups excluding carboxylic acids is 1. The maximum Gasteiger partial charge on any atom is 0.223 e. The second kappa shape index (κ2) is 10.4. The highest BCUT2D eigenvalue weighted by molar-refractivity contribution is 5.85. The van der Waals surface area contributed by atoms with Gasteiger partial charge >= 0.3 is 0 Å². The van der Waals surface area contributed by atoms with Gasteiger partial charge < -0.3 is 20.1 Å². The SMILES string of the molecule is COCCOc1ccc(CNC(=O)C2CCNCC2)cc1.Cl. The lowest BCUT2D eigenvalue weighted by Crippen LogP contribution is -2.37. The van der Waals surface area contributed by atoms with E-state index in [-0.39, 0.29) is 24.2 Å². The zero-order valence-corrected chi connectivity index (χ0v) is 13.8. The molecule has 0 atom stereocenters. The molecule has 2 N–H and O–H groups in total. The van der Waals surface area contributed by atoms with Gasteiger partial charge in [0.25, 0.3) is 0 Å². The summed E-state index contributed by atoms with van der Waals surface area (Å²) in [6.45, 7) is 3.56. The standard InChI is InChI=1S/C16H24N2O3.ClH/c1-20-10-11-21-15-4-2-13(3-5-15)12-18-16(19)14-6-8-17-9-7-14;/h2-5,14,17H,6-12H2,1H3,(H,18,19);1H. The van der Waals surface area contributed by atoms with E-state index >= 15 is 0 Å². The lowest BCUT2D eigenvalue weighted by molar-refractivity contribution is -0.125. The Labute approximate surface area is 138 Å². The third-order valence-corrected chi connectivity index (χ3v) is 3.66. The fourth-order valence-corrected chi connectivity index (χ4v) is 2.36. The first-order valence-corrected chi connectivity index (χ1v) is 7.48. The minimum Gasteiger partial charge on any atom is -0.491 e. The highest BCUT2D eigenvalue weighted by Crippen LogP contribution is 2.14. The van der Waals surface area contributed by atoms with Crippen LogP contribution >= 0.6 is 12.4 Å². The molecular formula is C16H25ClN2O3. The van der Waals surface area contributed by atoms with Gasteiger partial charge in [-0.2, -0.15) is 0 Å². The topological polar surface area (TPSA) is 59.6 Å². The highest BCUT2D eigenvalue weighted by Gasteiger charge is 2.20. The maximum atomic E-state index is 12.0. The summed E-state index contributed by atoms with van der Waals surface area (Å²) in [5.74, 6) is 1.14. The van der Waals surface area contributed by atoms with Gasteiger partial charge in [0.05, 0.1) is 6.61 Å². The summed E-state index contributed by atoms with van der Waals surface area (Å²) < 4.78 is 10.4. The number of hydrogen-bond acceptors (Lipinski definition) is 4. The number of methoxy groups -OCH3 is 1. The van der Waals surface area contributed by atoms with Crippen LogP contribution in [-0.4, -0.2) is 39.3 Å². The molecule has 1 saturated heterocycles. The van der Waals surface area contributed by atoms with Crippen LogP contribution in [0, 0.1) is 5.92 Å². The third kappa shape index (κ3) is 6.22. The quantitative estimate of drug-likeness (QED) is 0.749. The van der Waals surface area contributed by atoms with Gasteiger partial charge in [0, 0.05) is 19.6 Å². The molecule has 1 aliphatic rings. The number of carbonyl (C=O) groups is 1. The van der Waals surface area contributed by atoms with E-state index in [0.29, 0.717) is 19.8 Å². The Hall–Kier alpha value is -1.30. The molecule has 1 aromatic rings. The predicted octanol–water partition coefficient (Wildman–Crippen LogP) is 1.75. The summed E-state index contributed by atoms with van der Waals surface area (Å²) in [5.41, 5.74) is 1.08. The first kappa shape index (κ1) is 18.7. The van der Waals surface area contributed by atoms with E-state index in [4.69, 9.17) is 9.47 Å². The van der Waals surface area contributed by atoms with Crippen LogP contribution < -0.4 is 15.4 Å². The number of halogens is 1. The molecule has 6 heteroatoms. The molecule has 1 amide bonds. The minimum absolute atomic E-state index is 0. The first-order chi connectivity index (χ1) is 10.3. The van der Waals surface area contributed by atoms with E-state index in [1.807, 2.05) is 24.3 Å². The van der Waals surface area contributed by atoms with Crippen molar-refractivity contribution in [3.63, 3.8) is 0 Å². The van der Waals surface area contributed by atoms with Crippen LogP contribution in [0.5, 0.6) is 5.75 Å². The van der Waals surface area contributed by atoms with Crippen LogP contribution in [0.1, 0.15) is 18.4 Å². The zero-order chi connectivity index (χ0) is 14.9. The molecule has 5 nitrogen and oxygen atoms in total. The number of benzene rings is 1. The van der Waals surface area contributed by atoms with Crippen LogP contribution in [0.25, 0.3) is 0 Å². The van der Waals surface area contributed by atoms with Gasteiger partial charge in [-0.1, -0.05) is 12.1 Å². The molecule has 0 spiro atoms. The monoisotopic (exact) mass is 328 g/mol. The van der Waals surface area contributed by atoms with Crippen LogP contribution in [0.3, 0.4) is 0 Å². The van der Waals surface area contributed by atoms with Crippen molar-refractivity contribution >= 4 is 18.3 Å². The minimum atomic E-state index is 0. The lowest BCUT2D eigenvalue weighted by atomic mass is 9.97. The van der Waals surface area contributed by atoms with E-state index in [2.05, 4.69) is 10.6 Å². The van der Waals surface area contributed by atoms with Crippen LogP contribution in [0.15, 0.2) is 24.3 Å². The number of rotatable bonds is 7. The first-order valence-electron chi connectivity index (χ1n) is 7.48. The van der Waals surface area contributed by atoms with Crippen molar-refractivity contribution in [3.05, 3.63) is 29.8 Å². The fourth-order valence-electron chi connectivity index (χ4n) is 2.36. The van der Waals surface area contributed by atoms with Gasteiger partial charge in [0.1, 0.15) is 12.4 Å². The molecule has 1 fully saturated rings. The number of nitrogens with one attached hydrogen (secondary N) is 2. The van der Waals surface area contributed by atoms with Gasteiger partial charge in [-0.25, -0.2) is 0 Å². The molecule has 1 aromatic carbocycles. The van der Waals surface area contributed by atoms with Crippen molar-refractivity contribution in [3.8, 4) is 5.75 Å². The Morgan fingerprint density at radius 2 is 1.91 bits per heavy atom. The van der Waals surface area contributed by atoms with E-state index in [0.717, 1.165) is 37.2 Å². The molecule has 0 unspecified atom stereocenters. The number of amides is 1. The Balaban J connectivity index is 0.00000242. The molecule has 22 heavy (non-hydrogen) atoms. The van der Waals surface area contributed by atoms with E-state index < -0.39 is 0 Å². The average molecular weight is 329 g/mol. The van der Waals surface area contributed by atoms with Crippen molar-refractivity contribution in [1.82, 2.24) is 10.6 Å². The van der Waals surface area contributed by atoms with Gasteiger partial charge in [0.2, 0.25) is 5.91 Å². The van der Waals surface area contributed by atoms with Crippen molar-refractivity contribution in [1.29, 1.82) is 0 Å². The van der Waals surface area contributed by atoms with Crippen molar-refractivity contribution < 1.29 is 14.3 Å². The molecular weight excluding hydrogens is 304 g/mol. The van der Waals surface area contributed by atoms with Crippen LogP contribution in [-0.2, 0) is 16.1 Å². The van der Waals surface area contributed by atoms with Gasteiger partial charge in [-0.3, -0.25) is 4.79 Å². The summed E-state index contributed by atoms with van der Waals surface area (Å²) in [6, 6.07) is 7.79. The molecule has 124 valence electrons. The van der Waals surface area contributed by atoms with E-state index in [1.54, 1.807) is 7.11 Å². The maximum absolute atomic E-state index is 12.0. The number of ether oxygens (including phenoxy) is 2. The molecule has 1 heterocycles. The summed E-state index contributed by atoms with van der Waals surface area (Å²) in [6.07, 6.45) is 1.86. The van der Waals surface area contributed by atoms with Gasteiger partial charge in [-0.15, -0.1) is 12.4 Å². The summed E-state index contributed by atoms with van der Waals surface area (Å²) in [4.78, 5) is 12.0. The zero-order valence-electron chi connectivity index (χ0n) is 13.0. The number of piperidine rings is 1. The van der Waals surface area contributed by atoms with Crippen LogP contribution in [0.4, 0.5) is 0 Å². The van der Waals surface area contributed by atoms with E-state index in [9.17, 15) is 4.79 Å². The Morgan fingerprint density at radius 1 is 1.23 bits per heavy atom. The fraction of sp³-hybridized carbons (Fsp3) is 0.562. The van der Waals surface area contributed by atoms with Crippen molar-refractivity contribution in [2.24, 2.45) is 5.92 Å². The predicted molar refractivity (Wildman–Crippen MR) is 88.5 cm³/mol. The van der Waals surface area contributed by atoms with Crippen molar-refractivity contribution in [2.75, 3.05) is 33.4 Å². The average Bonchev–Trinajstić information content (AvgIpc) is 2.55. The molecule has 1 aliphatic heterocycles. The second-order valence-corrected chi connectivity index (χ2v) is 5.23. The Bertz CT molecular complexity index is 434. The smallest absolute Gasteiger partial charge is 0.223 e. The Kier molecular flexibility index (Phi) is 8.89. The highest BCUT2D eigenvalue weighted by atomic mass is 35.5. The second-order valence-electron chi connectivity index (χ2n) is 5.23. The normalized spacial score (nSPS) is 15.0. The van der Waals surface area contributed by atoms with Crippen LogP contribution in [0.2, 0.25) is 0 Å². The Morgan fingerprint density at radius 3 is 2.55 bits per heavy atom. The third-order valence-electron chi connectivity index (χ3n) is 3.66. The molecule has 2 rings (SSSR count). The molecule has 0 saturated carbocycles. The van der Waals surface area contributed by atoms with Crippen molar-refractivity contribution in [2.45, 2.75) is 19.4 Å². The molecule has 0 aromatic heterocycles. The van der Waals surface area contributed by atoms with Gasteiger partial charge in [-0.05, 0) is 43.6 Å². The molecule has 0 aliphatic carbocycles. The molecule has 0 bridgehead atoms. The largest absolute Gasteiger partial charge is 0.491 e. The lowest BCUT2D eigenvalue weighted by Gasteiger charge is -2.21. The number of hydrogen-bond donors (Lipinski definition) is 2. The summed E-state index contributed by atoms with van der Waals surface area (Å²) in [7, 11) is 1.65. The van der Waals surface area contributed by atoms with Gasteiger partial charge in [0.15, 0.2) is 0 Å². The molecule has 0 radical (unpaired) electrons. The summed E-state index contributed by atoms with van der Waals surface area (Å²) in [5, 5.41) is 6.28.